The molecule has 1 aromatic rings. The first-order valence-electron chi connectivity index (χ1n) is 7.85. The number of hydrogen-bond acceptors (Lipinski definition) is 2. The topological polar surface area (TPSA) is 42.0 Å². The van der Waals surface area contributed by atoms with Crippen LogP contribution in [0.3, 0.4) is 0 Å². The molecule has 3 rings (SSSR count). The van der Waals surface area contributed by atoms with Crippen molar-refractivity contribution in [2.45, 2.75) is 45.6 Å². The maximum absolute atomic E-state index is 12.6. The first-order valence-corrected chi connectivity index (χ1v) is 7.85. The van der Waals surface area contributed by atoms with E-state index >= 15 is 0 Å². The molecule has 1 N–H and O–H groups in total. The zero-order valence-corrected chi connectivity index (χ0v) is 12.4. The van der Waals surface area contributed by atoms with Gasteiger partial charge in [0.15, 0.2) is 0 Å². The number of nitrogens with one attached hydrogen (secondary N) is 1. The summed E-state index contributed by atoms with van der Waals surface area (Å²) in [6, 6.07) is 4.07. The second-order valence-electron chi connectivity index (χ2n) is 6.80. The van der Waals surface area contributed by atoms with Crippen molar-refractivity contribution in [2.75, 3.05) is 0 Å². The fourth-order valence-electron chi connectivity index (χ4n) is 4.02. The van der Waals surface area contributed by atoms with E-state index in [1.54, 1.807) is 6.20 Å². The van der Waals surface area contributed by atoms with Crippen LogP contribution in [-0.4, -0.2) is 10.9 Å². The normalized spacial score (nSPS) is 29.6. The van der Waals surface area contributed by atoms with E-state index in [0.29, 0.717) is 11.8 Å². The van der Waals surface area contributed by atoms with Gasteiger partial charge in [-0.2, -0.15) is 0 Å². The Labute approximate surface area is 121 Å². The predicted molar refractivity (Wildman–Crippen MR) is 78.9 cm³/mol. The van der Waals surface area contributed by atoms with Crippen molar-refractivity contribution in [3.05, 3.63) is 30.1 Å². The average molecular weight is 272 g/mol. The Balaban J connectivity index is 1.69. The molecule has 2 aliphatic rings. The van der Waals surface area contributed by atoms with Gasteiger partial charge in [0.1, 0.15) is 0 Å². The third-order valence-corrected chi connectivity index (χ3v) is 5.08. The summed E-state index contributed by atoms with van der Waals surface area (Å²) in [7, 11) is 0. The highest BCUT2D eigenvalue weighted by Gasteiger charge is 2.43. The molecule has 3 heteroatoms. The lowest BCUT2D eigenvalue weighted by Crippen LogP contribution is -2.38. The highest BCUT2D eigenvalue weighted by atomic mass is 16.2. The van der Waals surface area contributed by atoms with Crippen molar-refractivity contribution in [3.8, 4) is 0 Å². The van der Waals surface area contributed by atoms with Gasteiger partial charge in [-0.3, -0.25) is 9.78 Å². The molecule has 2 saturated carbocycles. The summed E-state index contributed by atoms with van der Waals surface area (Å²) in [5.74, 6) is 2.35. The van der Waals surface area contributed by atoms with Crippen molar-refractivity contribution in [3.63, 3.8) is 0 Å². The Morgan fingerprint density at radius 2 is 2.20 bits per heavy atom. The van der Waals surface area contributed by atoms with Crippen LogP contribution < -0.4 is 5.32 Å². The number of carbonyl (C=O) groups is 1. The Morgan fingerprint density at radius 1 is 1.35 bits per heavy atom. The van der Waals surface area contributed by atoms with Gasteiger partial charge in [-0.1, -0.05) is 26.3 Å². The van der Waals surface area contributed by atoms with Gasteiger partial charge in [-0.05, 0) is 48.6 Å². The lowest BCUT2D eigenvalue weighted by Gasteiger charge is -2.27. The van der Waals surface area contributed by atoms with Crippen molar-refractivity contribution < 1.29 is 4.79 Å². The number of pyridine rings is 1. The molecule has 4 unspecified atom stereocenters. The van der Waals surface area contributed by atoms with E-state index < -0.39 is 0 Å². The molecule has 108 valence electrons. The first kappa shape index (κ1) is 13.6. The number of hydrogen-bond donors (Lipinski definition) is 1. The van der Waals surface area contributed by atoms with Gasteiger partial charge < -0.3 is 5.32 Å². The Hall–Kier alpha value is -1.38. The second kappa shape index (κ2) is 5.55. The molecule has 4 atom stereocenters. The summed E-state index contributed by atoms with van der Waals surface area (Å²) in [6.45, 7) is 4.30. The van der Waals surface area contributed by atoms with E-state index in [9.17, 15) is 4.79 Å². The number of amides is 1. The summed E-state index contributed by atoms with van der Waals surface area (Å²) in [6.07, 6.45) is 8.61. The molecule has 0 aliphatic heterocycles. The van der Waals surface area contributed by atoms with Crippen LogP contribution in [0.4, 0.5) is 0 Å². The molecule has 0 aromatic carbocycles. The molecule has 2 fully saturated rings. The van der Waals surface area contributed by atoms with Gasteiger partial charge in [-0.25, -0.2) is 0 Å². The third kappa shape index (κ3) is 2.58. The second-order valence-corrected chi connectivity index (χ2v) is 6.80. The molecule has 20 heavy (non-hydrogen) atoms. The van der Waals surface area contributed by atoms with Crippen LogP contribution in [0.2, 0.25) is 0 Å². The summed E-state index contributed by atoms with van der Waals surface area (Å²) in [5.41, 5.74) is 1.11. The van der Waals surface area contributed by atoms with Crippen molar-refractivity contribution in [2.24, 2.45) is 23.7 Å². The Morgan fingerprint density at radius 3 is 2.75 bits per heavy atom. The maximum atomic E-state index is 12.6. The van der Waals surface area contributed by atoms with Gasteiger partial charge in [0.05, 0.1) is 6.04 Å². The van der Waals surface area contributed by atoms with Gasteiger partial charge >= 0.3 is 0 Å². The van der Waals surface area contributed by atoms with E-state index in [1.807, 2.05) is 12.3 Å². The summed E-state index contributed by atoms with van der Waals surface area (Å²) in [5, 5.41) is 3.28. The first-order chi connectivity index (χ1) is 9.65. The van der Waals surface area contributed by atoms with Crippen molar-refractivity contribution >= 4 is 5.91 Å². The third-order valence-electron chi connectivity index (χ3n) is 5.08. The SMILES string of the molecule is CC(C)C(NC(=O)C1CC2CCC1C2)c1cccnc1. The minimum atomic E-state index is 0.0790. The van der Waals surface area contributed by atoms with Crippen LogP contribution in [-0.2, 0) is 4.79 Å². The number of fused-ring (bicyclic) bond motifs is 2. The quantitative estimate of drug-likeness (QED) is 0.913. The van der Waals surface area contributed by atoms with E-state index in [0.717, 1.165) is 17.9 Å². The molecular weight excluding hydrogens is 248 g/mol. The fraction of sp³-hybridized carbons (Fsp3) is 0.647. The largest absolute Gasteiger partial charge is 0.349 e. The number of nitrogens with zero attached hydrogens (tertiary/aromatic N) is 1. The molecular formula is C17H24N2O. The lowest BCUT2D eigenvalue weighted by molar-refractivity contribution is -0.127. The number of aromatic nitrogens is 1. The lowest BCUT2D eigenvalue weighted by atomic mass is 9.87. The molecule has 0 spiro atoms. The molecule has 1 heterocycles. The molecule has 0 saturated heterocycles. The molecule has 1 aromatic heterocycles. The van der Waals surface area contributed by atoms with Crippen LogP contribution in [0.5, 0.6) is 0 Å². The van der Waals surface area contributed by atoms with Crippen LogP contribution in [0.15, 0.2) is 24.5 Å². The zero-order valence-electron chi connectivity index (χ0n) is 12.4. The van der Waals surface area contributed by atoms with E-state index in [1.165, 1.54) is 19.3 Å². The predicted octanol–water partition coefficient (Wildman–Crippen LogP) is 3.33. The maximum Gasteiger partial charge on any atom is 0.223 e. The van der Waals surface area contributed by atoms with Gasteiger partial charge in [-0.15, -0.1) is 0 Å². The molecule has 3 nitrogen and oxygen atoms in total. The Bertz CT molecular complexity index is 471. The molecule has 1 amide bonds. The van der Waals surface area contributed by atoms with Crippen molar-refractivity contribution in [1.82, 2.24) is 10.3 Å². The van der Waals surface area contributed by atoms with Gasteiger partial charge in [0.2, 0.25) is 5.91 Å². The van der Waals surface area contributed by atoms with Crippen LogP contribution in [0.1, 0.15) is 51.1 Å². The average Bonchev–Trinajstić information content (AvgIpc) is 3.07. The standard InChI is InChI=1S/C17H24N2O/c1-11(2)16(14-4-3-7-18-10-14)19-17(20)15-9-12-5-6-13(15)8-12/h3-4,7,10-13,15-16H,5-6,8-9H2,1-2H3,(H,19,20). The number of carbonyl (C=O) groups excluding carboxylic acids is 1. The number of rotatable bonds is 4. The molecule has 0 radical (unpaired) electrons. The monoisotopic (exact) mass is 272 g/mol. The summed E-state index contributed by atoms with van der Waals surface area (Å²) >= 11 is 0. The Kier molecular flexibility index (Phi) is 3.77. The van der Waals surface area contributed by atoms with E-state index in [-0.39, 0.29) is 17.9 Å². The molecule has 2 bridgehead atoms. The van der Waals surface area contributed by atoms with Gasteiger partial charge in [0.25, 0.3) is 0 Å². The minimum Gasteiger partial charge on any atom is -0.349 e. The van der Waals surface area contributed by atoms with Crippen molar-refractivity contribution in [1.29, 1.82) is 0 Å². The van der Waals surface area contributed by atoms with Crippen LogP contribution in [0, 0.1) is 23.7 Å². The summed E-state index contributed by atoms with van der Waals surface area (Å²) in [4.78, 5) is 16.8. The smallest absolute Gasteiger partial charge is 0.223 e. The highest BCUT2D eigenvalue weighted by Crippen LogP contribution is 2.48. The van der Waals surface area contributed by atoms with E-state index in [2.05, 4.69) is 30.2 Å². The minimum absolute atomic E-state index is 0.0790. The van der Waals surface area contributed by atoms with Crippen LogP contribution >= 0.6 is 0 Å². The van der Waals surface area contributed by atoms with Crippen LogP contribution in [0.25, 0.3) is 0 Å². The summed E-state index contributed by atoms with van der Waals surface area (Å²) < 4.78 is 0. The fourth-order valence-corrected chi connectivity index (χ4v) is 4.02. The molecule has 2 aliphatic carbocycles. The highest BCUT2D eigenvalue weighted by molar-refractivity contribution is 5.80. The zero-order chi connectivity index (χ0) is 14.1. The van der Waals surface area contributed by atoms with E-state index in [4.69, 9.17) is 0 Å². The van der Waals surface area contributed by atoms with Gasteiger partial charge in [0, 0.05) is 18.3 Å².